The van der Waals surface area contributed by atoms with Crippen molar-refractivity contribution in [1.29, 1.82) is 0 Å². The molecule has 2 aliphatic rings. The Morgan fingerprint density at radius 1 is 0.800 bits per heavy atom. The molecule has 1 amide bonds. The number of methoxy groups -OCH3 is 2. The van der Waals surface area contributed by atoms with Gasteiger partial charge in [-0.3, -0.25) is 0 Å². The molecule has 0 saturated carbocycles. The summed E-state index contributed by atoms with van der Waals surface area (Å²) >= 11 is 0. The third-order valence-electron chi connectivity index (χ3n) is 11.4. The van der Waals surface area contributed by atoms with E-state index in [9.17, 15) is 13.2 Å². The van der Waals surface area contributed by atoms with Gasteiger partial charge < -0.3 is 24.4 Å². The number of nitrogens with zero attached hydrogens (tertiary/aromatic N) is 5. The number of amides is 1. The second kappa shape index (κ2) is 18.4. The van der Waals surface area contributed by atoms with Crippen molar-refractivity contribution in [3.63, 3.8) is 0 Å². The van der Waals surface area contributed by atoms with E-state index in [0.717, 1.165) is 41.1 Å². The molecular formula is C46H49N7O6S. The van der Waals surface area contributed by atoms with Gasteiger partial charge in [-0.05, 0) is 93.6 Å². The standard InChI is InChI=1S/C46H49N7O6S/c1-57-40-17-8-33(9-18-40)27-48-60(55,56)44-38(26-32-22-24-52(25-23-32)46(54)59-31-35-6-4-3-5-7-35)16-21-42(37-14-12-36(13-15-37)39-28-47-29-39)43(44)45-49-51-53(50-45)30-34-10-19-41(58-2)20-11-34/h3-21,32,39,47-48H,22-31H2,1-2H3. The van der Waals surface area contributed by atoms with Crippen LogP contribution in [0.15, 0.2) is 120 Å². The minimum absolute atomic E-state index is 0.0562. The van der Waals surface area contributed by atoms with Crippen LogP contribution in [0, 0.1) is 5.92 Å². The molecule has 8 rings (SSSR count). The van der Waals surface area contributed by atoms with Gasteiger partial charge in [0.25, 0.3) is 0 Å². The second-order valence-corrected chi connectivity index (χ2v) is 17.0. The molecule has 5 aromatic carbocycles. The first-order chi connectivity index (χ1) is 29.3. The summed E-state index contributed by atoms with van der Waals surface area (Å²) < 4.78 is 49.1. The van der Waals surface area contributed by atoms with Gasteiger partial charge in [0.15, 0.2) is 0 Å². The maximum atomic E-state index is 14.9. The Balaban J connectivity index is 1.14. The van der Waals surface area contributed by atoms with Crippen LogP contribution in [0.1, 0.15) is 46.6 Å². The molecule has 1 aromatic heterocycles. The van der Waals surface area contributed by atoms with Crippen LogP contribution in [0.5, 0.6) is 11.5 Å². The van der Waals surface area contributed by atoms with Crippen molar-refractivity contribution in [3.8, 4) is 34.0 Å². The molecule has 6 aromatic rings. The van der Waals surface area contributed by atoms with Crippen LogP contribution in [-0.4, -0.2) is 80.0 Å². The number of sulfonamides is 1. The Labute approximate surface area is 350 Å². The van der Waals surface area contributed by atoms with E-state index in [0.29, 0.717) is 67.3 Å². The van der Waals surface area contributed by atoms with Crippen LogP contribution in [0.2, 0.25) is 0 Å². The lowest BCUT2D eigenvalue weighted by molar-refractivity contribution is 0.0823. The van der Waals surface area contributed by atoms with Gasteiger partial charge in [0.05, 0.1) is 31.2 Å². The number of rotatable bonds is 15. The number of aromatic nitrogens is 4. The molecule has 0 atom stereocenters. The number of tetrazole rings is 1. The monoisotopic (exact) mass is 827 g/mol. The van der Waals surface area contributed by atoms with E-state index in [1.807, 2.05) is 91.0 Å². The van der Waals surface area contributed by atoms with Gasteiger partial charge in [-0.25, -0.2) is 17.9 Å². The first-order valence-electron chi connectivity index (χ1n) is 20.2. The van der Waals surface area contributed by atoms with Gasteiger partial charge in [-0.2, -0.15) is 4.80 Å². The number of benzene rings is 5. The number of nitrogens with one attached hydrogen (secondary N) is 2. The van der Waals surface area contributed by atoms with E-state index < -0.39 is 10.0 Å². The zero-order valence-electron chi connectivity index (χ0n) is 33.8. The largest absolute Gasteiger partial charge is 0.497 e. The van der Waals surface area contributed by atoms with Crippen LogP contribution >= 0.6 is 0 Å². The quantitative estimate of drug-likeness (QED) is 0.113. The number of ether oxygens (including phenoxy) is 3. The number of carbonyl (C=O) groups is 1. The van der Waals surface area contributed by atoms with Gasteiger partial charge in [0.1, 0.15) is 18.1 Å². The zero-order valence-corrected chi connectivity index (χ0v) is 34.6. The number of hydrogen-bond donors (Lipinski definition) is 2. The molecule has 13 nitrogen and oxygen atoms in total. The van der Waals surface area contributed by atoms with Crippen LogP contribution in [-0.2, 0) is 40.9 Å². The number of hydrogen-bond acceptors (Lipinski definition) is 10. The molecule has 310 valence electrons. The minimum atomic E-state index is -4.20. The molecule has 2 N–H and O–H groups in total. The molecular weight excluding hydrogens is 779 g/mol. The Bertz CT molecular complexity index is 2480. The van der Waals surface area contributed by atoms with Crippen molar-refractivity contribution < 1.29 is 27.4 Å². The van der Waals surface area contributed by atoms with Gasteiger partial charge in [0, 0.05) is 38.6 Å². The molecule has 0 radical (unpaired) electrons. The smallest absolute Gasteiger partial charge is 0.410 e. The highest BCUT2D eigenvalue weighted by molar-refractivity contribution is 7.89. The molecule has 3 heterocycles. The summed E-state index contributed by atoms with van der Waals surface area (Å²) in [4.78, 5) is 16.4. The zero-order chi connectivity index (χ0) is 41.5. The van der Waals surface area contributed by atoms with Gasteiger partial charge in [-0.1, -0.05) is 91.0 Å². The van der Waals surface area contributed by atoms with E-state index in [1.165, 1.54) is 10.4 Å². The minimum Gasteiger partial charge on any atom is -0.497 e. The third kappa shape index (κ3) is 9.52. The fourth-order valence-electron chi connectivity index (χ4n) is 7.75. The molecule has 60 heavy (non-hydrogen) atoms. The number of carbonyl (C=O) groups excluding carboxylic acids is 1. The Morgan fingerprint density at radius 2 is 1.47 bits per heavy atom. The van der Waals surface area contributed by atoms with E-state index in [2.05, 4.69) is 32.5 Å². The topological polar surface area (TPSA) is 150 Å². The normalized spacial score (nSPS) is 14.7. The van der Waals surface area contributed by atoms with E-state index in [4.69, 9.17) is 19.3 Å². The average Bonchev–Trinajstić information content (AvgIpc) is 3.73. The maximum Gasteiger partial charge on any atom is 0.410 e. The highest BCUT2D eigenvalue weighted by Crippen LogP contribution is 2.40. The molecule has 0 bridgehead atoms. The second-order valence-electron chi connectivity index (χ2n) is 15.3. The Hall–Kier alpha value is -6.09. The van der Waals surface area contributed by atoms with E-state index in [-0.39, 0.29) is 35.9 Å². The van der Waals surface area contributed by atoms with E-state index in [1.54, 1.807) is 31.3 Å². The molecule has 0 aliphatic carbocycles. The summed E-state index contributed by atoms with van der Waals surface area (Å²) in [5.74, 6) is 2.16. The number of likely N-dealkylation sites (tertiary alicyclic amines) is 1. The molecule has 2 fully saturated rings. The van der Waals surface area contributed by atoms with Gasteiger partial charge in [0.2, 0.25) is 15.8 Å². The molecule has 0 spiro atoms. The first-order valence-corrected chi connectivity index (χ1v) is 21.7. The molecule has 2 saturated heterocycles. The van der Waals surface area contributed by atoms with Gasteiger partial charge >= 0.3 is 6.09 Å². The van der Waals surface area contributed by atoms with E-state index >= 15 is 0 Å². The molecule has 0 unspecified atom stereocenters. The summed E-state index contributed by atoms with van der Waals surface area (Å²) in [6.45, 7) is 3.45. The van der Waals surface area contributed by atoms with Crippen LogP contribution in [0.25, 0.3) is 22.5 Å². The number of piperidine rings is 1. The Kier molecular flexibility index (Phi) is 12.5. The van der Waals surface area contributed by atoms with Crippen molar-refractivity contribution in [2.45, 2.75) is 49.8 Å². The predicted octanol–water partition coefficient (Wildman–Crippen LogP) is 6.83. The highest BCUT2D eigenvalue weighted by Gasteiger charge is 2.32. The first kappa shape index (κ1) is 40.7. The van der Waals surface area contributed by atoms with Crippen LogP contribution < -0.4 is 19.5 Å². The maximum absolute atomic E-state index is 14.9. The fraction of sp³-hybridized carbons (Fsp3) is 0.304. The third-order valence-corrected chi connectivity index (χ3v) is 12.9. The lowest BCUT2D eigenvalue weighted by Crippen LogP contribution is -2.39. The highest BCUT2D eigenvalue weighted by atomic mass is 32.2. The molecule has 14 heteroatoms. The predicted molar refractivity (Wildman–Crippen MR) is 228 cm³/mol. The van der Waals surface area contributed by atoms with Crippen molar-refractivity contribution in [2.24, 2.45) is 5.92 Å². The lowest BCUT2D eigenvalue weighted by Gasteiger charge is -2.32. The fourth-order valence-corrected chi connectivity index (χ4v) is 9.22. The van der Waals surface area contributed by atoms with Crippen molar-refractivity contribution in [1.82, 2.24) is 35.1 Å². The molecule has 2 aliphatic heterocycles. The van der Waals surface area contributed by atoms with Crippen molar-refractivity contribution in [2.75, 3.05) is 40.4 Å². The summed E-state index contributed by atoms with van der Waals surface area (Å²) in [5, 5.41) is 17.1. The van der Waals surface area contributed by atoms with Crippen molar-refractivity contribution in [3.05, 3.63) is 143 Å². The van der Waals surface area contributed by atoms with Crippen molar-refractivity contribution >= 4 is 16.1 Å². The summed E-state index contributed by atoms with van der Waals surface area (Å²) in [7, 11) is -0.990. The summed E-state index contributed by atoms with van der Waals surface area (Å²) in [6, 6.07) is 36.7. The van der Waals surface area contributed by atoms with Gasteiger partial charge in [-0.15, -0.1) is 10.2 Å². The average molecular weight is 828 g/mol. The lowest BCUT2D eigenvalue weighted by atomic mass is 9.87. The van der Waals surface area contributed by atoms with Crippen LogP contribution in [0.4, 0.5) is 4.79 Å². The Morgan fingerprint density at radius 3 is 2.10 bits per heavy atom. The summed E-state index contributed by atoms with van der Waals surface area (Å²) in [5.41, 5.74) is 6.41. The SMILES string of the molecule is COc1ccc(CNS(=O)(=O)c2c(CC3CCN(C(=O)OCc4ccccc4)CC3)ccc(-c3ccc(C4CNC4)cc3)c2-c2nnn(Cc3ccc(OC)cc3)n2)cc1. The summed E-state index contributed by atoms with van der Waals surface area (Å²) in [6.07, 6.45) is 1.49. The van der Waals surface area contributed by atoms with Crippen LogP contribution in [0.3, 0.4) is 0 Å².